The second kappa shape index (κ2) is 16.7. The van der Waals surface area contributed by atoms with Gasteiger partial charge in [0.15, 0.2) is 0 Å². The zero-order chi connectivity index (χ0) is 32.3. The third-order valence-electron chi connectivity index (χ3n) is 9.04. The first-order chi connectivity index (χ1) is 21.7. The number of hydrogen-bond acceptors (Lipinski definition) is 7. The second-order valence-electron chi connectivity index (χ2n) is 12.8. The molecule has 1 aromatic heterocycles. The summed E-state index contributed by atoms with van der Waals surface area (Å²) in [6.07, 6.45) is 10.4. The van der Waals surface area contributed by atoms with Crippen LogP contribution in [-0.2, 0) is 9.53 Å². The van der Waals surface area contributed by atoms with E-state index in [2.05, 4.69) is 10.3 Å². The highest BCUT2D eigenvalue weighted by atomic mass is 16.5. The first kappa shape index (κ1) is 34.4. The molecule has 1 aromatic carbocycles. The number of aliphatic hydroxyl groups is 1. The molecule has 0 saturated heterocycles. The highest BCUT2D eigenvalue weighted by Gasteiger charge is 2.32. The Kier molecular flexibility index (Phi) is 12.8. The Balaban J connectivity index is 1.61. The van der Waals surface area contributed by atoms with E-state index < -0.39 is 6.04 Å². The molecule has 45 heavy (non-hydrogen) atoms. The van der Waals surface area contributed by atoms with Crippen molar-refractivity contribution in [3.8, 4) is 5.75 Å². The van der Waals surface area contributed by atoms with Gasteiger partial charge in [0.05, 0.1) is 30.4 Å². The minimum atomic E-state index is -0.490. The van der Waals surface area contributed by atoms with Gasteiger partial charge in [-0.15, -0.1) is 0 Å². The van der Waals surface area contributed by atoms with Gasteiger partial charge in [0.2, 0.25) is 5.91 Å². The van der Waals surface area contributed by atoms with Crippen molar-refractivity contribution in [1.82, 2.24) is 14.8 Å². The van der Waals surface area contributed by atoms with Crippen LogP contribution in [0.5, 0.6) is 5.75 Å². The summed E-state index contributed by atoms with van der Waals surface area (Å²) in [5, 5.41) is 13.1. The molecule has 1 fully saturated rings. The van der Waals surface area contributed by atoms with Gasteiger partial charge in [-0.3, -0.25) is 19.4 Å². The fourth-order valence-electron chi connectivity index (χ4n) is 6.19. The smallest absolute Gasteiger partial charge is 0.258 e. The van der Waals surface area contributed by atoms with Crippen molar-refractivity contribution in [2.75, 3.05) is 38.7 Å². The minimum Gasteiger partial charge on any atom is -0.490 e. The topological polar surface area (TPSA) is 121 Å². The van der Waals surface area contributed by atoms with E-state index in [1.807, 2.05) is 25.8 Å². The molecule has 4 rings (SSSR count). The number of amides is 3. The third-order valence-corrected chi connectivity index (χ3v) is 9.04. The molecule has 2 heterocycles. The number of likely N-dealkylation sites (N-methyl/N-ethyl adjacent to an activating group) is 1. The lowest BCUT2D eigenvalue weighted by atomic mass is 9.88. The van der Waals surface area contributed by atoms with Gasteiger partial charge in [0.25, 0.3) is 11.8 Å². The van der Waals surface area contributed by atoms with Crippen LogP contribution in [0.15, 0.2) is 42.7 Å². The van der Waals surface area contributed by atoms with Gasteiger partial charge < -0.3 is 29.7 Å². The first-order valence-corrected chi connectivity index (χ1v) is 16.5. The number of fused-ring (bicyclic) bond motifs is 1. The SMILES string of the molecule is C[C@@H]1CCCCO[C@H](CN(C)C(=O)C2CCCCC2)[C@@H](C)CN([C@@H](C)CO)C(=O)c2cc(NC(=O)c3ccncc3)ccc2O1. The van der Waals surface area contributed by atoms with Crippen LogP contribution in [0.4, 0.5) is 5.69 Å². The molecular weight excluding hydrogens is 572 g/mol. The number of nitrogens with zero attached hydrogens (tertiary/aromatic N) is 3. The summed E-state index contributed by atoms with van der Waals surface area (Å²) >= 11 is 0. The average molecular weight is 623 g/mol. The van der Waals surface area contributed by atoms with Gasteiger partial charge in [0, 0.05) is 62.2 Å². The molecule has 4 atom stereocenters. The zero-order valence-electron chi connectivity index (χ0n) is 27.2. The lowest BCUT2D eigenvalue weighted by molar-refractivity contribution is -0.137. The Bertz CT molecular complexity index is 1270. The van der Waals surface area contributed by atoms with Crippen LogP contribution in [0, 0.1) is 11.8 Å². The van der Waals surface area contributed by atoms with Gasteiger partial charge in [-0.25, -0.2) is 0 Å². The Labute approximate surface area is 267 Å². The number of rotatable bonds is 7. The maximum absolute atomic E-state index is 14.3. The Hall–Kier alpha value is -3.50. The van der Waals surface area contributed by atoms with E-state index in [4.69, 9.17) is 9.47 Å². The van der Waals surface area contributed by atoms with Crippen molar-refractivity contribution in [2.45, 2.75) is 90.4 Å². The van der Waals surface area contributed by atoms with Crippen LogP contribution in [-0.4, -0.2) is 89.2 Å². The molecule has 246 valence electrons. The highest BCUT2D eigenvalue weighted by molar-refractivity contribution is 6.05. The van der Waals surface area contributed by atoms with Gasteiger partial charge in [-0.05, 0) is 76.3 Å². The fourth-order valence-corrected chi connectivity index (χ4v) is 6.19. The van der Waals surface area contributed by atoms with E-state index in [1.165, 1.54) is 6.42 Å². The zero-order valence-corrected chi connectivity index (χ0v) is 27.2. The number of benzene rings is 1. The number of aromatic nitrogens is 1. The van der Waals surface area contributed by atoms with Crippen LogP contribution >= 0.6 is 0 Å². The molecule has 0 radical (unpaired) electrons. The number of aliphatic hydroxyl groups excluding tert-OH is 1. The predicted molar refractivity (Wildman–Crippen MR) is 173 cm³/mol. The second-order valence-corrected chi connectivity index (χ2v) is 12.8. The number of hydrogen-bond donors (Lipinski definition) is 2. The summed E-state index contributed by atoms with van der Waals surface area (Å²) in [7, 11) is 1.86. The van der Waals surface area contributed by atoms with Crippen molar-refractivity contribution in [2.24, 2.45) is 11.8 Å². The molecule has 10 heteroatoms. The van der Waals surface area contributed by atoms with Crippen molar-refractivity contribution < 1.29 is 29.0 Å². The fraction of sp³-hybridized carbons (Fsp3) is 0.600. The van der Waals surface area contributed by atoms with Crippen LogP contribution in [0.2, 0.25) is 0 Å². The molecule has 1 aliphatic carbocycles. The van der Waals surface area contributed by atoms with Crippen molar-refractivity contribution >= 4 is 23.4 Å². The Morgan fingerprint density at radius 2 is 1.78 bits per heavy atom. The molecule has 0 bridgehead atoms. The van der Waals surface area contributed by atoms with E-state index >= 15 is 0 Å². The van der Waals surface area contributed by atoms with Gasteiger partial charge >= 0.3 is 0 Å². The number of ether oxygens (including phenoxy) is 2. The molecule has 0 spiro atoms. The number of anilines is 1. The quantitative estimate of drug-likeness (QED) is 0.437. The Morgan fingerprint density at radius 1 is 1.07 bits per heavy atom. The predicted octanol–water partition coefficient (Wildman–Crippen LogP) is 5.17. The van der Waals surface area contributed by atoms with E-state index in [1.54, 1.807) is 54.5 Å². The molecular formula is C35H50N4O6. The summed E-state index contributed by atoms with van der Waals surface area (Å²) in [6.45, 7) is 6.88. The van der Waals surface area contributed by atoms with Gasteiger partial charge in [-0.2, -0.15) is 0 Å². The van der Waals surface area contributed by atoms with Crippen molar-refractivity contribution in [3.05, 3.63) is 53.9 Å². The summed E-state index contributed by atoms with van der Waals surface area (Å²) in [5.41, 5.74) is 1.21. The van der Waals surface area contributed by atoms with E-state index in [-0.39, 0.29) is 48.4 Å². The lowest BCUT2D eigenvalue weighted by Gasteiger charge is -2.36. The summed E-state index contributed by atoms with van der Waals surface area (Å²) in [4.78, 5) is 47.9. The number of pyridine rings is 1. The van der Waals surface area contributed by atoms with Crippen molar-refractivity contribution in [3.63, 3.8) is 0 Å². The van der Waals surface area contributed by atoms with Gasteiger partial charge in [0.1, 0.15) is 5.75 Å². The highest BCUT2D eigenvalue weighted by Crippen LogP contribution is 2.29. The molecule has 2 aliphatic rings. The van der Waals surface area contributed by atoms with Crippen LogP contribution in [0.1, 0.15) is 92.9 Å². The van der Waals surface area contributed by atoms with E-state index in [0.717, 1.165) is 44.9 Å². The van der Waals surface area contributed by atoms with Crippen LogP contribution in [0.3, 0.4) is 0 Å². The molecule has 0 unspecified atom stereocenters. The third kappa shape index (κ3) is 9.50. The molecule has 1 saturated carbocycles. The van der Waals surface area contributed by atoms with Crippen LogP contribution < -0.4 is 10.1 Å². The van der Waals surface area contributed by atoms with Crippen molar-refractivity contribution in [1.29, 1.82) is 0 Å². The maximum atomic E-state index is 14.3. The standard InChI is InChI=1S/C35H50N4O6/c1-24-21-39(25(2)23-40)35(43)30-20-29(37-33(41)27-15-17-36-18-16-27)13-14-31(30)45-26(3)10-8-9-19-44-32(24)22-38(4)34(42)28-11-6-5-7-12-28/h13-18,20,24-26,28,32,40H,5-12,19,21-23H2,1-4H3,(H,37,41)/t24-,25-,26+,32+/m0/s1. The first-order valence-electron chi connectivity index (χ1n) is 16.5. The summed E-state index contributed by atoms with van der Waals surface area (Å²) in [5.74, 6) is -0.0987. The lowest BCUT2D eigenvalue weighted by Crippen LogP contribution is -2.48. The summed E-state index contributed by atoms with van der Waals surface area (Å²) in [6, 6.07) is 7.84. The van der Waals surface area contributed by atoms with E-state index in [9.17, 15) is 19.5 Å². The van der Waals surface area contributed by atoms with E-state index in [0.29, 0.717) is 42.3 Å². The minimum absolute atomic E-state index is 0.0660. The Morgan fingerprint density at radius 3 is 2.49 bits per heavy atom. The monoisotopic (exact) mass is 622 g/mol. The maximum Gasteiger partial charge on any atom is 0.258 e. The van der Waals surface area contributed by atoms with Crippen LogP contribution in [0.25, 0.3) is 0 Å². The normalized spacial score (nSPS) is 22.8. The number of nitrogens with one attached hydrogen (secondary N) is 1. The average Bonchev–Trinajstić information content (AvgIpc) is 3.06. The number of carbonyl (C=O) groups excluding carboxylic acids is 3. The molecule has 10 nitrogen and oxygen atoms in total. The number of carbonyl (C=O) groups is 3. The summed E-state index contributed by atoms with van der Waals surface area (Å²) < 4.78 is 12.7. The molecule has 2 aromatic rings. The molecule has 1 aliphatic heterocycles. The largest absolute Gasteiger partial charge is 0.490 e. The molecule has 3 amide bonds. The van der Waals surface area contributed by atoms with Gasteiger partial charge in [-0.1, -0.05) is 26.2 Å². The molecule has 2 N–H and O–H groups in total.